The fourth-order valence-corrected chi connectivity index (χ4v) is 4.07. The van der Waals surface area contributed by atoms with E-state index in [1.165, 1.54) is 24.3 Å². The molecule has 0 aliphatic carbocycles. The van der Waals surface area contributed by atoms with Crippen molar-refractivity contribution in [3.63, 3.8) is 0 Å². The van der Waals surface area contributed by atoms with Crippen molar-refractivity contribution >= 4 is 27.2 Å². The normalized spacial score (nSPS) is 14.4. The molecule has 24 heavy (non-hydrogen) atoms. The first-order valence-corrected chi connectivity index (χ1v) is 8.34. The molecule has 0 fully saturated rings. The number of fused-ring (bicyclic) bond motifs is 1. The molecule has 0 N–H and O–H groups in total. The van der Waals surface area contributed by atoms with E-state index in [0.717, 1.165) is 22.5 Å². The Bertz CT molecular complexity index is 958. The van der Waals surface area contributed by atoms with E-state index in [1.54, 1.807) is 0 Å². The molecule has 1 aliphatic heterocycles. The van der Waals surface area contributed by atoms with E-state index in [0.29, 0.717) is 0 Å². The zero-order chi connectivity index (χ0) is 17.5. The quantitative estimate of drug-likeness (QED) is 0.626. The van der Waals surface area contributed by atoms with Crippen molar-refractivity contribution in [1.82, 2.24) is 0 Å². The Kier molecular flexibility index (Phi) is 3.80. The van der Waals surface area contributed by atoms with Crippen molar-refractivity contribution in [3.8, 4) is 0 Å². The van der Waals surface area contributed by atoms with Gasteiger partial charge in [-0.1, -0.05) is 6.07 Å². The molecule has 0 saturated heterocycles. The number of nitro groups is 1. The van der Waals surface area contributed by atoms with E-state index < -0.39 is 20.8 Å². The van der Waals surface area contributed by atoms with Gasteiger partial charge in [-0.05, 0) is 24.3 Å². The van der Waals surface area contributed by atoms with Crippen LogP contribution in [0.4, 0.5) is 15.8 Å². The smallest absolute Gasteiger partial charge is 0.270 e. The van der Waals surface area contributed by atoms with Gasteiger partial charge in [0.25, 0.3) is 15.7 Å². The second-order valence-corrected chi connectivity index (χ2v) is 7.03. The third-order valence-electron chi connectivity index (χ3n) is 3.69. The molecule has 2 aromatic rings. The van der Waals surface area contributed by atoms with Gasteiger partial charge in [0.2, 0.25) is 0 Å². The average molecular weight is 350 g/mol. The fraction of sp³-hybridized carbons (Fsp3) is 0.133. The molecule has 0 bridgehead atoms. The lowest BCUT2D eigenvalue weighted by molar-refractivity contribution is -0.385. The summed E-state index contributed by atoms with van der Waals surface area (Å²) in [6.45, 7) is -0.109. The van der Waals surface area contributed by atoms with Crippen LogP contribution < -0.4 is 4.31 Å². The van der Waals surface area contributed by atoms with Crippen molar-refractivity contribution in [2.75, 3.05) is 10.8 Å². The van der Waals surface area contributed by atoms with E-state index in [-0.39, 0.29) is 40.6 Å². The van der Waals surface area contributed by atoms with Crippen LogP contribution in [0.25, 0.3) is 0 Å². The zero-order valence-electron chi connectivity index (χ0n) is 12.2. The number of non-ortho nitro benzene ring substituents is 1. The minimum Gasteiger partial charge on any atom is -0.294 e. The molecule has 0 aromatic heterocycles. The first-order valence-electron chi connectivity index (χ1n) is 6.90. The van der Waals surface area contributed by atoms with Crippen molar-refractivity contribution in [2.24, 2.45) is 0 Å². The van der Waals surface area contributed by atoms with Crippen molar-refractivity contribution in [2.45, 2.75) is 11.3 Å². The molecule has 9 heteroatoms. The molecule has 0 radical (unpaired) electrons. The zero-order valence-corrected chi connectivity index (χ0v) is 13.0. The maximum atomic E-state index is 13.4. The van der Waals surface area contributed by atoms with Gasteiger partial charge in [-0.15, -0.1) is 0 Å². The first kappa shape index (κ1) is 16.1. The lowest BCUT2D eigenvalue weighted by atomic mass is 10.0. The maximum absolute atomic E-state index is 13.4. The Morgan fingerprint density at radius 1 is 1.17 bits per heavy atom. The molecular weight excluding hydrogens is 339 g/mol. The number of carbonyl (C=O) groups excluding carboxylic acids is 1. The molecule has 0 amide bonds. The lowest BCUT2D eigenvalue weighted by Gasteiger charge is -2.29. The van der Waals surface area contributed by atoms with Gasteiger partial charge in [0.15, 0.2) is 5.78 Å². The highest BCUT2D eigenvalue weighted by Crippen LogP contribution is 2.33. The Morgan fingerprint density at radius 2 is 1.92 bits per heavy atom. The third kappa shape index (κ3) is 2.62. The third-order valence-corrected chi connectivity index (χ3v) is 5.50. The van der Waals surface area contributed by atoms with Crippen LogP contribution in [0.3, 0.4) is 0 Å². The monoisotopic (exact) mass is 350 g/mol. The van der Waals surface area contributed by atoms with Crippen LogP contribution in [-0.4, -0.2) is 25.7 Å². The molecule has 7 nitrogen and oxygen atoms in total. The van der Waals surface area contributed by atoms with Gasteiger partial charge < -0.3 is 0 Å². The second kappa shape index (κ2) is 5.68. The highest BCUT2D eigenvalue weighted by molar-refractivity contribution is 7.92. The highest BCUT2D eigenvalue weighted by atomic mass is 32.2. The van der Waals surface area contributed by atoms with E-state index in [2.05, 4.69) is 0 Å². The number of hydrogen-bond acceptors (Lipinski definition) is 5. The van der Waals surface area contributed by atoms with Crippen molar-refractivity contribution in [3.05, 3.63) is 64.0 Å². The van der Waals surface area contributed by atoms with E-state index in [1.807, 2.05) is 0 Å². The number of rotatable bonds is 3. The van der Waals surface area contributed by atoms with Gasteiger partial charge in [0.1, 0.15) is 5.82 Å². The van der Waals surface area contributed by atoms with Crippen LogP contribution in [0, 0.1) is 15.9 Å². The largest absolute Gasteiger partial charge is 0.294 e. The maximum Gasteiger partial charge on any atom is 0.270 e. The average Bonchev–Trinajstić information content (AvgIpc) is 2.55. The number of anilines is 1. The molecule has 1 aliphatic rings. The minimum absolute atomic E-state index is 0.0183. The molecule has 1 heterocycles. The summed E-state index contributed by atoms with van der Waals surface area (Å²) in [6.07, 6.45) is -0.0926. The number of carbonyl (C=O) groups is 1. The van der Waals surface area contributed by atoms with Crippen molar-refractivity contribution in [1.29, 1.82) is 0 Å². The summed E-state index contributed by atoms with van der Waals surface area (Å²) < 4.78 is 40.0. The van der Waals surface area contributed by atoms with Crippen LogP contribution in [0.5, 0.6) is 0 Å². The molecule has 0 atom stereocenters. The summed E-state index contributed by atoms with van der Waals surface area (Å²) in [5.41, 5.74) is -0.307. The lowest BCUT2D eigenvalue weighted by Crippen LogP contribution is -2.37. The molecule has 0 saturated carbocycles. The SMILES string of the molecule is O=C1CCN(S(=O)(=O)c2cccc([N+](=O)[O-])c2)c2ccc(F)cc21. The summed E-state index contributed by atoms with van der Waals surface area (Å²) in [6, 6.07) is 7.92. The molecule has 3 rings (SSSR count). The number of nitrogens with zero attached hydrogens (tertiary/aromatic N) is 2. The van der Waals surface area contributed by atoms with Gasteiger partial charge in [-0.3, -0.25) is 19.2 Å². The predicted octanol–water partition coefficient (Wildman–Crippen LogP) is 2.52. The Balaban J connectivity index is 2.12. The Morgan fingerprint density at radius 3 is 2.62 bits per heavy atom. The number of sulfonamides is 1. The molecule has 2 aromatic carbocycles. The second-order valence-electron chi connectivity index (χ2n) is 5.17. The van der Waals surface area contributed by atoms with Gasteiger partial charge in [-0.2, -0.15) is 0 Å². The molecular formula is C15H11FN2O5S. The summed E-state index contributed by atoms with van der Waals surface area (Å²) in [7, 11) is -4.11. The van der Waals surface area contributed by atoms with E-state index in [4.69, 9.17) is 0 Å². The minimum atomic E-state index is -4.11. The van der Waals surface area contributed by atoms with Gasteiger partial charge in [0.05, 0.1) is 15.5 Å². The molecule has 0 unspecified atom stereocenters. The van der Waals surface area contributed by atoms with Gasteiger partial charge in [0, 0.05) is 30.7 Å². The van der Waals surface area contributed by atoms with Crippen LogP contribution >= 0.6 is 0 Å². The molecule has 124 valence electrons. The number of halogens is 1. The number of nitro benzene ring substituents is 1. The first-order chi connectivity index (χ1) is 11.3. The van der Waals surface area contributed by atoms with Crippen LogP contribution in [0.1, 0.15) is 16.8 Å². The van der Waals surface area contributed by atoms with Gasteiger partial charge >= 0.3 is 0 Å². The summed E-state index contributed by atoms with van der Waals surface area (Å²) in [4.78, 5) is 21.8. The summed E-state index contributed by atoms with van der Waals surface area (Å²) in [5.74, 6) is -0.994. The predicted molar refractivity (Wildman–Crippen MR) is 83.0 cm³/mol. The highest BCUT2D eigenvalue weighted by Gasteiger charge is 2.33. The number of Topliss-reactive ketones (excluding diaryl/α,β-unsaturated/α-hetero) is 1. The van der Waals surface area contributed by atoms with Crippen LogP contribution in [0.15, 0.2) is 47.4 Å². The topological polar surface area (TPSA) is 97.6 Å². The standard InChI is InChI=1S/C15H11FN2O5S/c16-10-4-5-14-13(8-10)15(19)6-7-17(14)24(22,23)12-3-1-2-11(9-12)18(20)21/h1-5,8-9H,6-7H2. The Hall–Kier alpha value is -2.81. The summed E-state index contributed by atoms with van der Waals surface area (Å²) >= 11 is 0. The summed E-state index contributed by atoms with van der Waals surface area (Å²) in [5, 5.41) is 10.8. The van der Waals surface area contributed by atoms with E-state index >= 15 is 0 Å². The number of hydrogen-bond donors (Lipinski definition) is 0. The van der Waals surface area contributed by atoms with E-state index in [9.17, 15) is 27.7 Å². The van der Waals surface area contributed by atoms with Crippen LogP contribution in [0.2, 0.25) is 0 Å². The van der Waals surface area contributed by atoms with Crippen LogP contribution in [-0.2, 0) is 10.0 Å². The Labute approximate surface area is 136 Å². The van der Waals surface area contributed by atoms with Gasteiger partial charge in [-0.25, -0.2) is 12.8 Å². The molecule has 0 spiro atoms. The fourth-order valence-electron chi connectivity index (χ4n) is 2.54. The number of ketones is 1. The van der Waals surface area contributed by atoms with Crippen molar-refractivity contribution < 1.29 is 22.5 Å². The number of benzene rings is 2.